The molecule has 0 atom stereocenters. The van der Waals surface area contributed by atoms with Crippen LogP contribution in [0.4, 0.5) is 0 Å². The SMILES string of the molecule is C(=C/c1nnn[nH]1)/c1cccc(Cc2cccc(SCc3ccc4ccccc4n3)c2)c1. The summed E-state index contributed by atoms with van der Waals surface area (Å²) in [5.41, 5.74) is 5.82. The number of H-pyrrole nitrogens is 1. The number of aromatic amines is 1. The van der Waals surface area contributed by atoms with Crippen LogP contribution in [0.3, 0.4) is 0 Å². The van der Waals surface area contributed by atoms with Gasteiger partial charge in [-0.1, -0.05) is 66.7 Å². The fourth-order valence-electron chi connectivity index (χ4n) is 3.55. The van der Waals surface area contributed by atoms with E-state index in [4.69, 9.17) is 4.98 Å². The second kappa shape index (κ2) is 9.58. The Kier molecular flexibility index (Phi) is 6.03. The van der Waals surface area contributed by atoms with E-state index < -0.39 is 0 Å². The van der Waals surface area contributed by atoms with Crippen molar-refractivity contribution in [2.75, 3.05) is 0 Å². The van der Waals surface area contributed by atoms with Crippen molar-refractivity contribution >= 4 is 34.8 Å². The van der Waals surface area contributed by atoms with Crippen LogP contribution < -0.4 is 0 Å². The molecule has 5 rings (SSSR count). The molecule has 5 aromatic rings. The van der Waals surface area contributed by atoms with Crippen LogP contribution in [0.25, 0.3) is 23.1 Å². The molecule has 3 aromatic carbocycles. The van der Waals surface area contributed by atoms with E-state index in [0.29, 0.717) is 5.82 Å². The Morgan fingerprint density at radius 1 is 0.812 bits per heavy atom. The van der Waals surface area contributed by atoms with Gasteiger partial charge in [-0.25, -0.2) is 5.10 Å². The Balaban J connectivity index is 1.25. The fourth-order valence-corrected chi connectivity index (χ4v) is 4.43. The third-order valence-corrected chi connectivity index (χ3v) is 6.12. The van der Waals surface area contributed by atoms with Crippen molar-refractivity contribution < 1.29 is 0 Å². The lowest BCUT2D eigenvalue weighted by Gasteiger charge is -2.07. The van der Waals surface area contributed by atoms with Crippen molar-refractivity contribution in [3.8, 4) is 0 Å². The number of hydrogen-bond donors (Lipinski definition) is 1. The Labute approximate surface area is 190 Å². The van der Waals surface area contributed by atoms with Gasteiger partial charge in [-0.05, 0) is 63.9 Å². The molecule has 0 fully saturated rings. The van der Waals surface area contributed by atoms with Crippen LogP contribution in [0.5, 0.6) is 0 Å². The van der Waals surface area contributed by atoms with E-state index in [1.807, 2.05) is 36.0 Å². The maximum Gasteiger partial charge on any atom is 0.172 e. The lowest BCUT2D eigenvalue weighted by molar-refractivity contribution is 0.881. The number of aromatic nitrogens is 5. The summed E-state index contributed by atoms with van der Waals surface area (Å²) < 4.78 is 0. The molecule has 5 nitrogen and oxygen atoms in total. The zero-order valence-corrected chi connectivity index (χ0v) is 18.2. The smallest absolute Gasteiger partial charge is 0.172 e. The highest BCUT2D eigenvalue weighted by Gasteiger charge is 2.03. The van der Waals surface area contributed by atoms with E-state index in [2.05, 4.69) is 93.4 Å². The van der Waals surface area contributed by atoms with Gasteiger partial charge in [0.05, 0.1) is 11.2 Å². The predicted molar refractivity (Wildman–Crippen MR) is 130 cm³/mol. The van der Waals surface area contributed by atoms with Gasteiger partial charge in [0.15, 0.2) is 5.82 Å². The molecule has 0 aliphatic heterocycles. The van der Waals surface area contributed by atoms with Crippen molar-refractivity contribution in [1.29, 1.82) is 0 Å². The zero-order chi connectivity index (χ0) is 21.6. The zero-order valence-electron chi connectivity index (χ0n) is 17.3. The number of tetrazole rings is 1. The summed E-state index contributed by atoms with van der Waals surface area (Å²) in [7, 11) is 0. The van der Waals surface area contributed by atoms with Crippen molar-refractivity contribution in [1.82, 2.24) is 25.6 Å². The highest BCUT2D eigenvalue weighted by atomic mass is 32.2. The van der Waals surface area contributed by atoms with Crippen molar-refractivity contribution in [2.24, 2.45) is 0 Å². The number of nitrogens with one attached hydrogen (secondary N) is 1. The van der Waals surface area contributed by atoms with Gasteiger partial charge in [-0.2, -0.15) is 0 Å². The second-order valence-corrected chi connectivity index (χ2v) is 8.52. The van der Waals surface area contributed by atoms with Crippen molar-refractivity contribution in [2.45, 2.75) is 17.1 Å². The molecule has 6 heteroatoms. The Morgan fingerprint density at radius 2 is 1.69 bits per heavy atom. The average Bonchev–Trinajstić information content (AvgIpc) is 3.36. The largest absolute Gasteiger partial charge is 0.252 e. The van der Waals surface area contributed by atoms with E-state index in [1.165, 1.54) is 21.4 Å². The summed E-state index contributed by atoms with van der Waals surface area (Å²) in [6, 6.07) is 29.8. The van der Waals surface area contributed by atoms with E-state index in [9.17, 15) is 0 Å². The molecule has 0 saturated carbocycles. The number of nitrogens with zero attached hydrogens (tertiary/aromatic N) is 4. The van der Waals surface area contributed by atoms with Crippen LogP contribution in [0.15, 0.2) is 89.8 Å². The molecule has 0 bridgehead atoms. The first-order valence-electron chi connectivity index (χ1n) is 10.4. The Bertz CT molecular complexity index is 1360. The first-order valence-corrected chi connectivity index (χ1v) is 11.4. The van der Waals surface area contributed by atoms with Gasteiger partial charge in [0, 0.05) is 16.0 Å². The number of rotatable bonds is 7. The van der Waals surface area contributed by atoms with Gasteiger partial charge >= 0.3 is 0 Å². The summed E-state index contributed by atoms with van der Waals surface area (Å²) >= 11 is 1.82. The summed E-state index contributed by atoms with van der Waals surface area (Å²) in [4.78, 5) is 6.04. The number of para-hydroxylation sites is 1. The van der Waals surface area contributed by atoms with Crippen LogP contribution in [0.2, 0.25) is 0 Å². The lowest BCUT2D eigenvalue weighted by Crippen LogP contribution is -1.90. The minimum Gasteiger partial charge on any atom is -0.252 e. The first-order chi connectivity index (χ1) is 15.8. The first kappa shape index (κ1) is 20.2. The predicted octanol–water partition coefficient (Wildman–Crippen LogP) is 5.80. The quantitative estimate of drug-likeness (QED) is 0.327. The van der Waals surface area contributed by atoms with E-state index in [-0.39, 0.29) is 0 Å². The number of fused-ring (bicyclic) bond motifs is 1. The monoisotopic (exact) mass is 435 g/mol. The van der Waals surface area contributed by atoms with Crippen LogP contribution in [-0.2, 0) is 12.2 Å². The van der Waals surface area contributed by atoms with Gasteiger partial charge in [0.1, 0.15) is 0 Å². The molecule has 2 aromatic heterocycles. The number of hydrogen-bond acceptors (Lipinski definition) is 5. The average molecular weight is 436 g/mol. The summed E-state index contributed by atoms with van der Waals surface area (Å²) in [6.07, 6.45) is 4.76. The van der Waals surface area contributed by atoms with Gasteiger partial charge in [-0.3, -0.25) is 4.98 Å². The van der Waals surface area contributed by atoms with Crippen molar-refractivity contribution in [3.63, 3.8) is 0 Å². The Hall–Kier alpha value is -3.77. The van der Waals surface area contributed by atoms with Crippen LogP contribution in [-0.4, -0.2) is 25.6 Å². The molecule has 0 aliphatic carbocycles. The molecule has 1 N–H and O–H groups in total. The minimum atomic E-state index is 0.640. The van der Waals surface area contributed by atoms with Crippen LogP contribution in [0.1, 0.15) is 28.2 Å². The highest BCUT2D eigenvalue weighted by molar-refractivity contribution is 7.98. The van der Waals surface area contributed by atoms with Crippen LogP contribution in [0, 0.1) is 0 Å². The molecule has 2 heterocycles. The molecular formula is C26H21N5S. The van der Waals surface area contributed by atoms with E-state index in [1.54, 1.807) is 0 Å². The second-order valence-electron chi connectivity index (χ2n) is 7.47. The number of benzene rings is 3. The standard InChI is InChI=1S/C26H21N5S/c1-2-10-25-22(8-1)12-13-23(27-25)18-32-24-9-4-7-21(17-24)16-20-6-3-5-19(15-20)11-14-26-28-30-31-29-26/h1-15,17H,16,18H2,(H,28,29,30,31)/b14-11-. The lowest BCUT2D eigenvalue weighted by atomic mass is 10.0. The van der Waals surface area contributed by atoms with Gasteiger partial charge in [0.25, 0.3) is 0 Å². The van der Waals surface area contributed by atoms with Gasteiger partial charge in [-0.15, -0.1) is 16.9 Å². The van der Waals surface area contributed by atoms with E-state index >= 15 is 0 Å². The topological polar surface area (TPSA) is 67.3 Å². The highest BCUT2D eigenvalue weighted by Crippen LogP contribution is 2.25. The molecule has 0 spiro atoms. The van der Waals surface area contributed by atoms with Crippen LogP contribution >= 0.6 is 11.8 Å². The fraction of sp³-hybridized carbons (Fsp3) is 0.0769. The third-order valence-electron chi connectivity index (χ3n) is 5.10. The molecule has 0 radical (unpaired) electrons. The molecule has 156 valence electrons. The summed E-state index contributed by atoms with van der Waals surface area (Å²) in [5.74, 6) is 1.49. The minimum absolute atomic E-state index is 0.640. The molecule has 0 saturated heterocycles. The number of thioether (sulfide) groups is 1. The molecular weight excluding hydrogens is 414 g/mol. The molecule has 0 amide bonds. The summed E-state index contributed by atoms with van der Waals surface area (Å²) in [5, 5.41) is 15.0. The normalized spacial score (nSPS) is 11.4. The summed E-state index contributed by atoms with van der Waals surface area (Å²) in [6.45, 7) is 0. The molecule has 32 heavy (non-hydrogen) atoms. The van der Waals surface area contributed by atoms with Crippen molar-refractivity contribution in [3.05, 3.63) is 113 Å². The third kappa shape index (κ3) is 5.10. The Morgan fingerprint density at radius 3 is 2.59 bits per heavy atom. The van der Waals surface area contributed by atoms with Gasteiger partial charge < -0.3 is 0 Å². The molecule has 0 unspecified atom stereocenters. The van der Waals surface area contributed by atoms with E-state index in [0.717, 1.165) is 28.9 Å². The maximum absolute atomic E-state index is 4.78. The maximum atomic E-state index is 4.78. The molecule has 0 aliphatic rings. The number of pyridine rings is 1. The van der Waals surface area contributed by atoms with Gasteiger partial charge in [0.2, 0.25) is 0 Å².